The Bertz CT molecular complexity index is 217. The van der Waals surface area contributed by atoms with Gasteiger partial charge < -0.3 is 24.1 Å². The van der Waals surface area contributed by atoms with Gasteiger partial charge >= 0.3 is 0 Å². The van der Waals surface area contributed by atoms with Crippen LogP contribution in [0.4, 0.5) is 0 Å². The Labute approximate surface area is 102 Å². The molecule has 0 radical (unpaired) electrons. The minimum atomic E-state index is -0.392. The van der Waals surface area contributed by atoms with Crippen molar-refractivity contribution < 1.29 is 24.1 Å². The van der Waals surface area contributed by atoms with Crippen molar-refractivity contribution in [2.24, 2.45) is 5.92 Å². The molecular formula is C12H22O5. The predicted molar refractivity (Wildman–Crippen MR) is 60.9 cm³/mol. The van der Waals surface area contributed by atoms with Crippen molar-refractivity contribution >= 4 is 0 Å². The smallest absolute Gasteiger partial charge is 0.110 e. The van der Waals surface area contributed by atoms with Gasteiger partial charge in [0.2, 0.25) is 0 Å². The highest BCUT2D eigenvalue weighted by Crippen LogP contribution is 2.28. The van der Waals surface area contributed by atoms with Gasteiger partial charge in [-0.05, 0) is 6.42 Å². The minimum absolute atomic E-state index is 0.0301. The Kier molecular flexibility index (Phi) is 5.18. The van der Waals surface area contributed by atoms with Gasteiger partial charge in [-0.2, -0.15) is 0 Å². The van der Waals surface area contributed by atoms with Crippen LogP contribution in [0, 0.1) is 5.92 Å². The lowest BCUT2D eigenvalue weighted by molar-refractivity contribution is -0.198. The van der Waals surface area contributed by atoms with E-state index in [0.29, 0.717) is 32.2 Å². The van der Waals surface area contributed by atoms with Crippen LogP contribution >= 0.6 is 0 Å². The first-order valence-corrected chi connectivity index (χ1v) is 6.29. The molecule has 4 unspecified atom stereocenters. The summed E-state index contributed by atoms with van der Waals surface area (Å²) in [4.78, 5) is 0. The van der Waals surface area contributed by atoms with Crippen molar-refractivity contribution in [2.45, 2.75) is 31.2 Å². The third kappa shape index (κ3) is 3.63. The highest BCUT2D eigenvalue weighted by Gasteiger charge is 2.42. The van der Waals surface area contributed by atoms with Crippen molar-refractivity contribution in [1.82, 2.24) is 0 Å². The number of methoxy groups -OCH3 is 1. The summed E-state index contributed by atoms with van der Waals surface area (Å²) in [5.74, 6) is 0.507. The van der Waals surface area contributed by atoms with E-state index in [9.17, 15) is 5.11 Å². The lowest BCUT2D eigenvalue weighted by Crippen LogP contribution is -2.54. The van der Waals surface area contributed by atoms with E-state index in [1.165, 1.54) is 0 Å². The first-order chi connectivity index (χ1) is 8.31. The van der Waals surface area contributed by atoms with Crippen molar-refractivity contribution in [1.29, 1.82) is 0 Å². The normalized spacial score (nSPS) is 37.1. The van der Waals surface area contributed by atoms with Crippen molar-refractivity contribution in [3.63, 3.8) is 0 Å². The van der Waals surface area contributed by atoms with Crippen LogP contribution in [0.1, 0.15) is 12.8 Å². The molecule has 1 saturated heterocycles. The van der Waals surface area contributed by atoms with Crippen LogP contribution in [0.25, 0.3) is 0 Å². The molecule has 17 heavy (non-hydrogen) atoms. The minimum Gasteiger partial charge on any atom is -0.390 e. The molecule has 1 saturated carbocycles. The SMILES string of the molecule is COCCOC1C(O)CC1OCC1CCOC1. The second kappa shape index (κ2) is 6.66. The first kappa shape index (κ1) is 13.2. The van der Waals surface area contributed by atoms with Crippen LogP contribution in [0.2, 0.25) is 0 Å². The first-order valence-electron chi connectivity index (χ1n) is 6.29. The van der Waals surface area contributed by atoms with Crippen LogP contribution in [0.3, 0.4) is 0 Å². The summed E-state index contributed by atoms with van der Waals surface area (Å²) in [5.41, 5.74) is 0. The quantitative estimate of drug-likeness (QED) is 0.651. The average Bonchev–Trinajstić information content (AvgIpc) is 2.83. The zero-order valence-electron chi connectivity index (χ0n) is 10.3. The van der Waals surface area contributed by atoms with Crippen molar-refractivity contribution in [2.75, 3.05) is 40.1 Å². The molecule has 5 nitrogen and oxygen atoms in total. The number of aliphatic hydroxyl groups excluding tert-OH is 1. The maximum Gasteiger partial charge on any atom is 0.110 e. The fraction of sp³-hybridized carbons (Fsp3) is 1.00. The molecule has 1 aliphatic carbocycles. The van der Waals surface area contributed by atoms with Crippen LogP contribution in [0.5, 0.6) is 0 Å². The van der Waals surface area contributed by atoms with Crippen LogP contribution in [0.15, 0.2) is 0 Å². The standard InChI is InChI=1S/C12H22O5/c1-14-4-5-16-12-10(13)6-11(12)17-8-9-2-3-15-7-9/h9-13H,2-8H2,1H3. The zero-order chi connectivity index (χ0) is 12.1. The van der Waals surface area contributed by atoms with Gasteiger partial charge in [0, 0.05) is 26.1 Å². The van der Waals surface area contributed by atoms with E-state index in [4.69, 9.17) is 18.9 Å². The molecule has 100 valence electrons. The molecular weight excluding hydrogens is 224 g/mol. The molecule has 5 heteroatoms. The molecule has 1 N–H and O–H groups in total. The lowest BCUT2D eigenvalue weighted by Gasteiger charge is -2.41. The molecule has 0 bridgehead atoms. The average molecular weight is 246 g/mol. The largest absolute Gasteiger partial charge is 0.390 e. The summed E-state index contributed by atoms with van der Waals surface area (Å²) >= 11 is 0. The second-order valence-electron chi connectivity index (χ2n) is 4.73. The van der Waals surface area contributed by atoms with Gasteiger partial charge in [0.1, 0.15) is 6.10 Å². The molecule has 4 atom stereocenters. The molecule has 0 aromatic carbocycles. The van der Waals surface area contributed by atoms with Gasteiger partial charge in [0.05, 0.1) is 38.6 Å². The lowest BCUT2D eigenvalue weighted by atomic mass is 9.88. The van der Waals surface area contributed by atoms with Crippen molar-refractivity contribution in [3.05, 3.63) is 0 Å². The molecule has 1 heterocycles. The van der Waals surface area contributed by atoms with Gasteiger partial charge in [-0.15, -0.1) is 0 Å². The van der Waals surface area contributed by atoms with Gasteiger partial charge in [-0.1, -0.05) is 0 Å². The Morgan fingerprint density at radius 3 is 2.82 bits per heavy atom. The summed E-state index contributed by atoms with van der Waals surface area (Å²) in [5, 5.41) is 9.60. The molecule has 1 aliphatic heterocycles. The van der Waals surface area contributed by atoms with E-state index in [-0.39, 0.29) is 12.2 Å². The number of hydrogen-bond donors (Lipinski definition) is 1. The number of aliphatic hydroxyl groups is 1. The molecule has 0 aromatic rings. The summed E-state index contributed by atoms with van der Waals surface area (Å²) in [6.07, 6.45) is 1.20. The zero-order valence-corrected chi connectivity index (χ0v) is 10.3. The topological polar surface area (TPSA) is 57.2 Å². The van der Waals surface area contributed by atoms with Gasteiger partial charge in [-0.25, -0.2) is 0 Å². The van der Waals surface area contributed by atoms with Crippen molar-refractivity contribution in [3.8, 4) is 0 Å². The monoisotopic (exact) mass is 246 g/mol. The summed E-state index contributed by atoms with van der Waals surface area (Å²) < 4.78 is 21.5. The van der Waals surface area contributed by atoms with Gasteiger partial charge in [-0.3, -0.25) is 0 Å². The maximum absolute atomic E-state index is 9.60. The fourth-order valence-corrected chi connectivity index (χ4v) is 2.18. The van der Waals surface area contributed by atoms with Crippen LogP contribution in [-0.4, -0.2) is 63.6 Å². The summed E-state index contributed by atoms with van der Waals surface area (Å²) in [6, 6.07) is 0. The molecule has 0 spiro atoms. The Morgan fingerprint density at radius 1 is 1.29 bits per heavy atom. The molecule has 2 aliphatic rings. The van der Waals surface area contributed by atoms with Gasteiger partial charge in [0.15, 0.2) is 0 Å². The molecule has 2 fully saturated rings. The van der Waals surface area contributed by atoms with E-state index < -0.39 is 6.10 Å². The summed E-state index contributed by atoms with van der Waals surface area (Å²) in [6.45, 7) is 3.40. The Balaban J connectivity index is 1.62. The Hall–Kier alpha value is -0.200. The highest BCUT2D eigenvalue weighted by molar-refractivity contribution is 4.92. The van der Waals surface area contributed by atoms with Crippen LogP contribution < -0.4 is 0 Å². The predicted octanol–water partition coefficient (Wildman–Crippen LogP) is 0.204. The maximum atomic E-state index is 9.60. The van der Waals surface area contributed by atoms with Gasteiger partial charge in [0.25, 0.3) is 0 Å². The number of hydrogen-bond acceptors (Lipinski definition) is 5. The van der Waals surface area contributed by atoms with Crippen LogP contribution in [-0.2, 0) is 18.9 Å². The fourth-order valence-electron chi connectivity index (χ4n) is 2.18. The Morgan fingerprint density at radius 2 is 2.18 bits per heavy atom. The summed E-state index contributed by atoms with van der Waals surface area (Å²) in [7, 11) is 1.63. The van der Waals surface area contributed by atoms with E-state index >= 15 is 0 Å². The molecule has 0 amide bonds. The van der Waals surface area contributed by atoms with E-state index in [1.54, 1.807) is 7.11 Å². The molecule has 2 rings (SSSR count). The van der Waals surface area contributed by atoms with E-state index in [0.717, 1.165) is 19.6 Å². The highest BCUT2D eigenvalue weighted by atomic mass is 16.6. The number of ether oxygens (including phenoxy) is 4. The molecule has 0 aromatic heterocycles. The third-order valence-electron chi connectivity index (χ3n) is 3.39. The van der Waals surface area contributed by atoms with E-state index in [1.807, 2.05) is 0 Å². The number of rotatable bonds is 7. The van der Waals surface area contributed by atoms with E-state index in [2.05, 4.69) is 0 Å². The third-order valence-corrected chi connectivity index (χ3v) is 3.39. The second-order valence-corrected chi connectivity index (χ2v) is 4.73.